The van der Waals surface area contributed by atoms with Crippen LogP contribution in [0.5, 0.6) is 0 Å². The van der Waals surface area contributed by atoms with Gasteiger partial charge in [-0.2, -0.15) is 0 Å². The monoisotopic (exact) mass is 1270 g/mol. The van der Waals surface area contributed by atoms with Crippen LogP contribution in [0.15, 0.2) is 0 Å². The fourth-order valence-electron chi connectivity index (χ4n) is 12.3. The van der Waals surface area contributed by atoms with E-state index in [2.05, 4.69) is 24.5 Å². The van der Waals surface area contributed by atoms with Gasteiger partial charge in [0.15, 0.2) is 12.6 Å². The van der Waals surface area contributed by atoms with Gasteiger partial charge in [0, 0.05) is 19.8 Å². The van der Waals surface area contributed by atoms with Crippen molar-refractivity contribution in [2.45, 2.75) is 368 Å². The van der Waals surface area contributed by atoms with E-state index in [4.69, 9.17) is 28.4 Å². The van der Waals surface area contributed by atoms with E-state index in [9.17, 15) is 75.7 Å². The molecule has 0 saturated carbocycles. The highest BCUT2D eigenvalue weighted by Gasteiger charge is 2.60. The number of carboxylic acids is 1. The summed E-state index contributed by atoms with van der Waals surface area (Å²) in [6, 6.07) is -2.52. The lowest BCUT2D eigenvalue weighted by atomic mass is 9.88. The van der Waals surface area contributed by atoms with Gasteiger partial charge in [-0.1, -0.05) is 226 Å². The predicted octanol–water partition coefficient (Wildman–Crippen LogP) is 5.73. The van der Waals surface area contributed by atoms with E-state index in [0.717, 1.165) is 51.9 Å². The molecule has 88 heavy (non-hydrogen) atoms. The summed E-state index contributed by atoms with van der Waals surface area (Å²) in [4.78, 5) is 38.5. The van der Waals surface area contributed by atoms with E-state index in [-0.39, 0.29) is 18.9 Å². The Bertz CT molecular complexity index is 1790. The fourth-order valence-corrected chi connectivity index (χ4v) is 12.3. The molecule has 0 spiro atoms. The molecule has 23 nitrogen and oxygen atoms in total. The number of nitrogens with one attached hydrogen (secondary N) is 2. The average Bonchev–Trinajstić information content (AvgIpc) is 0.900. The van der Waals surface area contributed by atoms with Crippen LogP contribution in [0.2, 0.25) is 0 Å². The van der Waals surface area contributed by atoms with Crippen molar-refractivity contribution in [1.82, 2.24) is 10.6 Å². The average molecular weight is 1270 g/mol. The minimum Gasteiger partial charge on any atom is -0.477 e. The number of unbranched alkanes of at least 4 members (excludes halogenated alkanes) is 32. The van der Waals surface area contributed by atoms with Crippen LogP contribution in [-0.2, 0) is 42.8 Å². The number of carbonyl (C=O) groups is 3. The normalized spacial score (nSPS) is 28.9. The molecule has 2 amide bonds. The lowest BCUT2D eigenvalue weighted by Crippen LogP contribution is -2.70. The van der Waals surface area contributed by atoms with Gasteiger partial charge in [0.1, 0.15) is 67.1 Å². The van der Waals surface area contributed by atoms with Crippen molar-refractivity contribution in [2.24, 2.45) is 0 Å². The zero-order valence-corrected chi connectivity index (χ0v) is 53.8. The number of ether oxygens (including phenoxy) is 6. The van der Waals surface area contributed by atoms with Crippen molar-refractivity contribution in [3.63, 3.8) is 0 Å². The first-order valence-electron chi connectivity index (χ1n) is 34.4. The van der Waals surface area contributed by atoms with E-state index in [1.54, 1.807) is 0 Å². The number of carbonyl (C=O) groups excluding carboxylic acids is 2. The zero-order valence-electron chi connectivity index (χ0n) is 53.8. The minimum absolute atomic E-state index is 0.229. The van der Waals surface area contributed by atoms with Crippen molar-refractivity contribution in [3.8, 4) is 0 Å². The molecule has 23 heteroatoms. The Labute approximate surface area is 525 Å². The summed E-state index contributed by atoms with van der Waals surface area (Å²) in [5.41, 5.74) is 0. The fraction of sp³-hybridized carbons (Fsp3) is 0.954. The standard InChI is InChI=1S/C65H122N2O21/c1-4-6-8-10-12-14-16-18-19-20-21-22-23-24-25-26-27-29-31-33-35-37-39-52(75)67-46(47(72)38-36-34-32-30-28-17-15-13-11-9-7-5-2)44-83-62-57(79)56(78)59(51(43-70)85-62)86-63-58(80)61(55(77)50(42-69)84-63)88-65(64(81)82)40-48(73)53(66-45(3)71)60(87-65)54(76)49(74)41-68/h46-51,53-63,68-70,72-74,76-80H,4-44H2,1-3H3,(H,66,71)(H,67,75)(H,81,82). The molecule has 3 rings (SSSR count). The van der Waals surface area contributed by atoms with E-state index < -0.39 is 148 Å². The van der Waals surface area contributed by atoms with Gasteiger partial charge in [-0.25, -0.2) is 4.79 Å². The van der Waals surface area contributed by atoms with Gasteiger partial charge in [0.25, 0.3) is 5.79 Å². The minimum atomic E-state index is -3.08. The summed E-state index contributed by atoms with van der Waals surface area (Å²) in [6.45, 7) is 2.21. The molecule has 0 aromatic carbocycles. The summed E-state index contributed by atoms with van der Waals surface area (Å²) in [5.74, 6) is -6.09. The van der Waals surface area contributed by atoms with Gasteiger partial charge in [-0.15, -0.1) is 0 Å². The summed E-state index contributed by atoms with van der Waals surface area (Å²) in [5, 5.41) is 136. The van der Waals surface area contributed by atoms with Crippen LogP contribution in [0, 0.1) is 0 Å². The van der Waals surface area contributed by atoms with Crippen LogP contribution in [0.25, 0.3) is 0 Å². The molecule has 0 bridgehead atoms. The molecular weight excluding hydrogens is 1140 g/mol. The molecule has 3 heterocycles. The third-order valence-corrected chi connectivity index (χ3v) is 17.8. The lowest BCUT2D eigenvalue weighted by Gasteiger charge is -2.50. The van der Waals surface area contributed by atoms with Crippen LogP contribution in [0.3, 0.4) is 0 Å². The molecule has 3 aliphatic rings. The van der Waals surface area contributed by atoms with Crippen molar-refractivity contribution >= 4 is 17.8 Å². The van der Waals surface area contributed by atoms with Gasteiger partial charge in [0.2, 0.25) is 11.8 Å². The van der Waals surface area contributed by atoms with Crippen LogP contribution in [0.4, 0.5) is 0 Å². The molecule has 18 unspecified atom stereocenters. The number of aliphatic hydroxyl groups excluding tert-OH is 11. The van der Waals surface area contributed by atoms with Crippen LogP contribution < -0.4 is 10.6 Å². The van der Waals surface area contributed by atoms with Crippen LogP contribution in [0.1, 0.15) is 258 Å². The first-order chi connectivity index (χ1) is 42.4. The third-order valence-electron chi connectivity index (χ3n) is 17.8. The highest BCUT2D eigenvalue weighted by atomic mass is 16.8. The number of aliphatic hydroxyl groups is 11. The number of carboxylic acid groups (broad SMARTS) is 1. The van der Waals surface area contributed by atoms with Gasteiger partial charge in [0.05, 0.1) is 50.7 Å². The van der Waals surface area contributed by atoms with Gasteiger partial charge < -0.3 is 100 Å². The second kappa shape index (κ2) is 46.7. The number of rotatable bonds is 52. The maximum absolute atomic E-state index is 13.4. The molecule has 3 saturated heterocycles. The Hall–Kier alpha value is -2.27. The maximum atomic E-state index is 13.4. The smallest absolute Gasteiger partial charge is 0.364 e. The Morgan fingerprint density at radius 3 is 1.42 bits per heavy atom. The molecule has 0 radical (unpaired) electrons. The van der Waals surface area contributed by atoms with Crippen molar-refractivity contribution in [2.75, 3.05) is 26.4 Å². The number of aliphatic carboxylic acids is 1. The quantitative estimate of drug-likeness (QED) is 0.0323. The van der Waals surface area contributed by atoms with Crippen molar-refractivity contribution in [1.29, 1.82) is 0 Å². The molecule has 3 aliphatic heterocycles. The van der Waals surface area contributed by atoms with Gasteiger partial charge >= 0.3 is 5.97 Å². The molecule has 0 aromatic heterocycles. The van der Waals surface area contributed by atoms with Crippen LogP contribution >= 0.6 is 0 Å². The third kappa shape index (κ3) is 29.4. The predicted molar refractivity (Wildman–Crippen MR) is 329 cm³/mol. The largest absolute Gasteiger partial charge is 0.477 e. The Morgan fingerprint density at radius 1 is 0.545 bits per heavy atom. The Morgan fingerprint density at radius 2 is 0.989 bits per heavy atom. The highest BCUT2D eigenvalue weighted by molar-refractivity contribution is 5.77. The molecule has 3 fully saturated rings. The second-order valence-corrected chi connectivity index (χ2v) is 25.4. The Kier molecular flexibility index (Phi) is 42.5. The van der Waals surface area contributed by atoms with E-state index in [1.807, 2.05) is 0 Å². The molecule has 0 aromatic rings. The first kappa shape index (κ1) is 80.0. The summed E-state index contributed by atoms with van der Waals surface area (Å²) in [6.07, 6.45) is 12.6. The number of hydrogen-bond acceptors (Lipinski definition) is 20. The second-order valence-electron chi connectivity index (χ2n) is 25.4. The van der Waals surface area contributed by atoms with Crippen molar-refractivity contribution in [3.05, 3.63) is 0 Å². The topological polar surface area (TPSA) is 373 Å². The molecular formula is C65H122N2O21. The van der Waals surface area contributed by atoms with E-state index in [0.29, 0.717) is 19.3 Å². The maximum Gasteiger partial charge on any atom is 0.364 e. The van der Waals surface area contributed by atoms with Crippen molar-refractivity contribution < 1.29 is 104 Å². The SMILES string of the molecule is CCCCCCCCCCCCCCCCCCCCCCCCC(=O)NC(COC1OC(CO)C(OC2OC(CO)C(O)C(OC3(C(=O)O)CC(O)C(NC(C)=O)C(C(O)C(O)CO)O3)C2O)C(O)C1O)C(O)CCCCCCCCCCCCCC. The summed E-state index contributed by atoms with van der Waals surface area (Å²) >= 11 is 0. The lowest BCUT2D eigenvalue weighted by molar-refractivity contribution is -0.386. The number of amides is 2. The van der Waals surface area contributed by atoms with Crippen LogP contribution in [-0.4, -0.2) is 215 Å². The molecule has 518 valence electrons. The van der Waals surface area contributed by atoms with Gasteiger partial charge in [-0.05, 0) is 12.8 Å². The Balaban J connectivity index is 1.57. The zero-order chi connectivity index (χ0) is 64.7. The van der Waals surface area contributed by atoms with E-state index >= 15 is 0 Å². The first-order valence-corrected chi connectivity index (χ1v) is 34.4. The van der Waals surface area contributed by atoms with E-state index in [1.165, 1.54) is 161 Å². The number of hydrogen-bond donors (Lipinski definition) is 14. The molecule has 14 N–H and O–H groups in total. The highest BCUT2D eigenvalue weighted by Crippen LogP contribution is 2.39. The van der Waals surface area contributed by atoms with Gasteiger partial charge in [-0.3, -0.25) is 9.59 Å². The molecule has 0 aliphatic carbocycles. The molecule has 18 atom stereocenters. The summed E-state index contributed by atoms with van der Waals surface area (Å²) in [7, 11) is 0. The summed E-state index contributed by atoms with van der Waals surface area (Å²) < 4.78 is 34.8.